The monoisotopic (exact) mass is 272 g/mol. The summed E-state index contributed by atoms with van der Waals surface area (Å²) in [6.45, 7) is 1.82. The number of carbonyl (C=O) groups is 1. The second-order valence-electron chi connectivity index (χ2n) is 4.41. The second-order valence-corrected chi connectivity index (χ2v) is 4.41. The molecule has 4 nitrogen and oxygen atoms in total. The Kier molecular flexibility index (Phi) is 4.25. The minimum atomic E-state index is -0.436. The summed E-state index contributed by atoms with van der Waals surface area (Å²) in [6.07, 6.45) is 0. The number of benzene rings is 2. The third-order valence-electron chi connectivity index (χ3n) is 2.88. The molecule has 0 amide bonds. The van der Waals surface area contributed by atoms with Crippen LogP contribution in [0.1, 0.15) is 5.56 Å². The van der Waals surface area contributed by atoms with Gasteiger partial charge in [-0.05, 0) is 36.8 Å². The van der Waals surface area contributed by atoms with Crippen molar-refractivity contribution in [2.24, 2.45) is 0 Å². The molecule has 2 aromatic carbocycles. The summed E-state index contributed by atoms with van der Waals surface area (Å²) in [5, 5.41) is 9.92. The molecule has 0 aromatic heterocycles. The topological polar surface area (TPSA) is 55.8 Å². The number of ether oxygens (including phenoxy) is 2. The van der Waals surface area contributed by atoms with E-state index in [1.165, 1.54) is 7.11 Å². The third kappa shape index (κ3) is 3.29. The van der Waals surface area contributed by atoms with Gasteiger partial charge in [0.2, 0.25) is 0 Å². The lowest BCUT2D eigenvalue weighted by molar-refractivity contribution is -0.142. The predicted molar refractivity (Wildman–Crippen MR) is 75.8 cm³/mol. The van der Waals surface area contributed by atoms with E-state index in [0.717, 1.165) is 16.7 Å². The SMILES string of the molecule is COC(=O)COc1cccc(-c2cc(C)ccc2O)c1. The van der Waals surface area contributed by atoms with Crippen LogP contribution in [0, 0.1) is 6.92 Å². The zero-order chi connectivity index (χ0) is 14.5. The maximum absolute atomic E-state index is 11.1. The average Bonchev–Trinajstić information content (AvgIpc) is 2.47. The highest BCUT2D eigenvalue weighted by atomic mass is 16.6. The Morgan fingerprint density at radius 1 is 1.20 bits per heavy atom. The Bertz CT molecular complexity index is 620. The van der Waals surface area contributed by atoms with E-state index in [1.807, 2.05) is 31.2 Å². The molecule has 0 aliphatic carbocycles. The summed E-state index contributed by atoms with van der Waals surface area (Å²) >= 11 is 0. The summed E-state index contributed by atoms with van der Waals surface area (Å²) in [5.41, 5.74) is 2.61. The van der Waals surface area contributed by atoms with Crippen LogP contribution in [0.25, 0.3) is 11.1 Å². The van der Waals surface area contributed by atoms with Crippen LogP contribution in [-0.2, 0) is 9.53 Å². The summed E-state index contributed by atoms with van der Waals surface area (Å²) in [4.78, 5) is 11.1. The number of aromatic hydroxyl groups is 1. The largest absolute Gasteiger partial charge is 0.507 e. The average molecular weight is 272 g/mol. The Labute approximate surface area is 117 Å². The molecule has 0 saturated heterocycles. The number of esters is 1. The normalized spacial score (nSPS) is 10.1. The summed E-state index contributed by atoms with van der Waals surface area (Å²) in [5.74, 6) is 0.323. The van der Waals surface area contributed by atoms with E-state index in [1.54, 1.807) is 18.2 Å². The zero-order valence-corrected chi connectivity index (χ0v) is 11.4. The van der Waals surface area contributed by atoms with Gasteiger partial charge in [0.15, 0.2) is 6.61 Å². The first-order valence-corrected chi connectivity index (χ1v) is 6.20. The van der Waals surface area contributed by atoms with Gasteiger partial charge in [0.1, 0.15) is 11.5 Å². The minimum absolute atomic E-state index is 0.139. The molecule has 0 aliphatic heterocycles. The number of hydrogen-bond acceptors (Lipinski definition) is 4. The molecule has 0 radical (unpaired) electrons. The summed E-state index contributed by atoms with van der Waals surface area (Å²) < 4.78 is 9.85. The van der Waals surface area contributed by atoms with Gasteiger partial charge in [0, 0.05) is 5.56 Å². The molecule has 0 atom stereocenters. The number of phenols is 1. The number of rotatable bonds is 4. The van der Waals surface area contributed by atoms with E-state index in [4.69, 9.17) is 4.74 Å². The highest BCUT2D eigenvalue weighted by Gasteiger charge is 2.07. The van der Waals surface area contributed by atoms with Crippen LogP contribution in [-0.4, -0.2) is 24.8 Å². The van der Waals surface area contributed by atoms with Crippen molar-refractivity contribution in [1.82, 2.24) is 0 Å². The minimum Gasteiger partial charge on any atom is -0.507 e. The molecule has 4 heteroatoms. The van der Waals surface area contributed by atoms with Gasteiger partial charge in [-0.2, -0.15) is 0 Å². The van der Waals surface area contributed by atoms with Gasteiger partial charge in [0.25, 0.3) is 0 Å². The van der Waals surface area contributed by atoms with E-state index in [2.05, 4.69) is 4.74 Å². The van der Waals surface area contributed by atoms with Gasteiger partial charge >= 0.3 is 5.97 Å². The van der Waals surface area contributed by atoms with E-state index < -0.39 is 5.97 Å². The molecule has 1 N–H and O–H groups in total. The van der Waals surface area contributed by atoms with Gasteiger partial charge < -0.3 is 14.6 Å². The molecule has 0 saturated carbocycles. The first kappa shape index (κ1) is 13.9. The van der Waals surface area contributed by atoms with E-state index in [-0.39, 0.29) is 12.4 Å². The third-order valence-corrected chi connectivity index (χ3v) is 2.88. The van der Waals surface area contributed by atoms with Crippen molar-refractivity contribution in [3.8, 4) is 22.6 Å². The van der Waals surface area contributed by atoms with Crippen LogP contribution in [0.4, 0.5) is 0 Å². The van der Waals surface area contributed by atoms with Crippen molar-refractivity contribution < 1.29 is 19.4 Å². The Hall–Kier alpha value is -2.49. The van der Waals surface area contributed by atoms with Crippen molar-refractivity contribution in [2.45, 2.75) is 6.92 Å². The Morgan fingerprint density at radius 2 is 2.00 bits per heavy atom. The maximum atomic E-state index is 11.1. The highest BCUT2D eigenvalue weighted by molar-refractivity contribution is 5.73. The van der Waals surface area contributed by atoms with Crippen molar-refractivity contribution in [3.05, 3.63) is 48.0 Å². The molecule has 104 valence electrons. The van der Waals surface area contributed by atoms with Crippen LogP contribution in [0.5, 0.6) is 11.5 Å². The van der Waals surface area contributed by atoms with Gasteiger partial charge in [-0.25, -0.2) is 4.79 Å². The molecule has 0 fully saturated rings. The first-order valence-electron chi connectivity index (χ1n) is 6.20. The van der Waals surface area contributed by atoms with Crippen LogP contribution in [0.3, 0.4) is 0 Å². The predicted octanol–water partition coefficient (Wildman–Crippen LogP) is 2.92. The van der Waals surface area contributed by atoms with Crippen LogP contribution >= 0.6 is 0 Å². The van der Waals surface area contributed by atoms with Crippen molar-refractivity contribution >= 4 is 5.97 Å². The van der Waals surface area contributed by atoms with Gasteiger partial charge in [0.05, 0.1) is 7.11 Å². The molecule has 2 rings (SSSR count). The fourth-order valence-corrected chi connectivity index (χ4v) is 1.84. The molecule has 0 spiro atoms. The van der Waals surface area contributed by atoms with Gasteiger partial charge in [-0.3, -0.25) is 0 Å². The molecular weight excluding hydrogens is 256 g/mol. The van der Waals surface area contributed by atoms with Crippen molar-refractivity contribution in [2.75, 3.05) is 13.7 Å². The molecule has 2 aromatic rings. The zero-order valence-electron chi connectivity index (χ0n) is 11.4. The molecule has 0 unspecified atom stereocenters. The van der Waals surface area contributed by atoms with Gasteiger partial charge in [-0.1, -0.05) is 23.8 Å². The molecule has 0 aliphatic rings. The van der Waals surface area contributed by atoms with E-state index in [0.29, 0.717) is 5.75 Å². The summed E-state index contributed by atoms with van der Waals surface area (Å²) in [6, 6.07) is 12.6. The lowest BCUT2D eigenvalue weighted by atomic mass is 10.0. The number of hydrogen-bond donors (Lipinski definition) is 1. The highest BCUT2D eigenvalue weighted by Crippen LogP contribution is 2.31. The number of phenolic OH excluding ortho intramolecular Hbond substituents is 1. The van der Waals surface area contributed by atoms with Crippen molar-refractivity contribution in [3.63, 3.8) is 0 Å². The maximum Gasteiger partial charge on any atom is 0.343 e. The number of methoxy groups -OCH3 is 1. The van der Waals surface area contributed by atoms with Crippen LogP contribution in [0.15, 0.2) is 42.5 Å². The summed E-state index contributed by atoms with van der Waals surface area (Å²) in [7, 11) is 1.31. The smallest absolute Gasteiger partial charge is 0.343 e. The van der Waals surface area contributed by atoms with Crippen molar-refractivity contribution in [1.29, 1.82) is 0 Å². The second kappa shape index (κ2) is 6.10. The number of carbonyl (C=O) groups excluding carboxylic acids is 1. The van der Waals surface area contributed by atoms with Gasteiger partial charge in [-0.15, -0.1) is 0 Å². The lowest BCUT2D eigenvalue weighted by Gasteiger charge is -2.09. The Morgan fingerprint density at radius 3 is 2.75 bits per heavy atom. The fourth-order valence-electron chi connectivity index (χ4n) is 1.84. The van der Waals surface area contributed by atoms with E-state index in [9.17, 15) is 9.90 Å². The Balaban J connectivity index is 2.25. The standard InChI is InChI=1S/C16H16O4/c1-11-6-7-15(17)14(8-11)12-4-3-5-13(9-12)20-10-16(18)19-2/h3-9,17H,10H2,1-2H3. The quantitative estimate of drug-likeness (QED) is 0.869. The lowest BCUT2D eigenvalue weighted by Crippen LogP contribution is -2.12. The van der Waals surface area contributed by atoms with Crippen LogP contribution < -0.4 is 4.74 Å². The first-order chi connectivity index (χ1) is 9.60. The molecule has 0 bridgehead atoms. The number of aryl methyl sites for hydroxylation is 1. The fraction of sp³-hybridized carbons (Fsp3) is 0.188. The molecular formula is C16H16O4. The molecule has 20 heavy (non-hydrogen) atoms. The van der Waals surface area contributed by atoms with E-state index >= 15 is 0 Å². The molecule has 0 heterocycles. The van der Waals surface area contributed by atoms with Crippen LogP contribution in [0.2, 0.25) is 0 Å².